The van der Waals surface area contributed by atoms with E-state index < -0.39 is 5.91 Å². The molecule has 0 radical (unpaired) electrons. The third kappa shape index (κ3) is 1.47. The Balaban J connectivity index is 2.02. The van der Waals surface area contributed by atoms with E-state index in [2.05, 4.69) is 5.32 Å². The zero-order chi connectivity index (χ0) is 14.6. The first-order valence-electron chi connectivity index (χ1n) is 6.52. The van der Waals surface area contributed by atoms with Crippen LogP contribution < -0.4 is 5.32 Å². The first-order chi connectivity index (χ1) is 10.2. The van der Waals surface area contributed by atoms with Crippen LogP contribution in [-0.4, -0.2) is 17.5 Å². The van der Waals surface area contributed by atoms with Gasteiger partial charge in [0.05, 0.1) is 11.1 Å². The molecular formula is C17H9NO3. The van der Waals surface area contributed by atoms with Gasteiger partial charge in [0.1, 0.15) is 0 Å². The maximum atomic E-state index is 12.5. The number of benzene rings is 2. The molecule has 0 spiro atoms. The first kappa shape index (κ1) is 11.8. The molecule has 1 amide bonds. The van der Waals surface area contributed by atoms with Crippen LogP contribution in [0.1, 0.15) is 26.3 Å². The van der Waals surface area contributed by atoms with Gasteiger partial charge in [-0.15, -0.1) is 0 Å². The summed E-state index contributed by atoms with van der Waals surface area (Å²) in [6.07, 6.45) is 0. The second kappa shape index (κ2) is 3.99. The Labute approximate surface area is 120 Å². The number of Topliss-reactive ketones (excluding diaryl/α,β-unsaturated/α-hetero) is 2. The van der Waals surface area contributed by atoms with Crippen molar-refractivity contribution in [2.24, 2.45) is 0 Å². The van der Waals surface area contributed by atoms with Gasteiger partial charge >= 0.3 is 0 Å². The molecule has 1 heterocycles. The number of amides is 1. The average molecular weight is 275 g/mol. The Morgan fingerprint density at radius 2 is 1.14 bits per heavy atom. The lowest BCUT2D eigenvalue weighted by Crippen LogP contribution is -2.11. The Morgan fingerprint density at radius 1 is 0.619 bits per heavy atom. The van der Waals surface area contributed by atoms with E-state index in [0.29, 0.717) is 22.4 Å². The van der Waals surface area contributed by atoms with Crippen molar-refractivity contribution in [3.63, 3.8) is 0 Å². The number of carbonyl (C=O) groups is 3. The van der Waals surface area contributed by atoms with Crippen LogP contribution in [-0.2, 0) is 4.79 Å². The summed E-state index contributed by atoms with van der Waals surface area (Å²) in [5.74, 6) is -1.16. The molecule has 0 bridgehead atoms. The number of nitrogens with one attached hydrogen (secondary N) is 1. The number of rotatable bonds is 0. The fraction of sp³-hybridized carbons (Fsp3) is 0. The quantitative estimate of drug-likeness (QED) is 0.593. The van der Waals surface area contributed by atoms with Gasteiger partial charge in [0.25, 0.3) is 5.91 Å². The van der Waals surface area contributed by atoms with Crippen molar-refractivity contribution < 1.29 is 14.4 Å². The summed E-state index contributed by atoms with van der Waals surface area (Å²) in [5.41, 5.74) is 2.10. The molecule has 4 rings (SSSR count). The molecule has 0 fully saturated rings. The van der Waals surface area contributed by atoms with E-state index in [1.807, 2.05) is 0 Å². The second-order valence-corrected chi connectivity index (χ2v) is 4.95. The number of para-hydroxylation sites is 1. The third-order valence-corrected chi connectivity index (χ3v) is 3.79. The van der Waals surface area contributed by atoms with Gasteiger partial charge in [-0.1, -0.05) is 42.5 Å². The Kier molecular flexibility index (Phi) is 2.24. The molecule has 21 heavy (non-hydrogen) atoms. The van der Waals surface area contributed by atoms with E-state index in [9.17, 15) is 14.4 Å². The first-order valence-corrected chi connectivity index (χ1v) is 6.52. The maximum absolute atomic E-state index is 12.5. The molecule has 0 atom stereocenters. The molecule has 0 saturated heterocycles. The van der Waals surface area contributed by atoms with Crippen molar-refractivity contribution in [1.29, 1.82) is 0 Å². The number of carbonyl (C=O) groups excluding carboxylic acids is 3. The van der Waals surface area contributed by atoms with Gasteiger partial charge in [-0.05, 0) is 6.07 Å². The van der Waals surface area contributed by atoms with Gasteiger partial charge in [0.15, 0.2) is 11.6 Å². The van der Waals surface area contributed by atoms with Crippen LogP contribution in [0.25, 0.3) is 5.57 Å². The fourth-order valence-electron chi connectivity index (χ4n) is 2.84. The lowest BCUT2D eigenvalue weighted by molar-refractivity contribution is -0.110. The molecule has 0 saturated carbocycles. The molecule has 1 N–H and O–H groups in total. The molecule has 2 aliphatic rings. The van der Waals surface area contributed by atoms with Crippen molar-refractivity contribution in [3.8, 4) is 0 Å². The van der Waals surface area contributed by atoms with Crippen molar-refractivity contribution in [3.05, 3.63) is 70.8 Å². The summed E-state index contributed by atoms with van der Waals surface area (Å²) in [4.78, 5) is 37.2. The molecular weight excluding hydrogens is 266 g/mol. The number of hydrogen-bond donors (Lipinski definition) is 1. The van der Waals surface area contributed by atoms with Crippen LogP contribution >= 0.6 is 0 Å². The van der Waals surface area contributed by atoms with Gasteiger partial charge in [0.2, 0.25) is 0 Å². The summed E-state index contributed by atoms with van der Waals surface area (Å²) in [7, 11) is 0. The normalized spacial score (nSPS) is 16.1. The summed E-state index contributed by atoms with van der Waals surface area (Å²) >= 11 is 0. The molecule has 1 aliphatic heterocycles. The van der Waals surface area contributed by atoms with E-state index in [-0.39, 0.29) is 22.7 Å². The molecule has 0 aromatic heterocycles. The smallest absolute Gasteiger partial charge is 0.257 e. The Hall–Kier alpha value is -3.01. The van der Waals surface area contributed by atoms with Crippen LogP contribution in [0.4, 0.5) is 5.69 Å². The highest BCUT2D eigenvalue weighted by Crippen LogP contribution is 2.38. The van der Waals surface area contributed by atoms with Crippen molar-refractivity contribution in [2.75, 3.05) is 5.32 Å². The second-order valence-electron chi connectivity index (χ2n) is 4.95. The number of allylic oxidation sites excluding steroid dienone is 1. The van der Waals surface area contributed by atoms with Crippen molar-refractivity contribution >= 4 is 28.7 Å². The standard InChI is InChI=1S/C17H9NO3/c19-15-9-5-1-2-6-10(9)16(20)14(15)13-11-7-3-4-8-12(11)18-17(13)21/h1-8H,(H,18,21). The minimum absolute atomic E-state index is 0.0290. The average Bonchev–Trinajstić information content (AvgIpc) is 2.95. The molecule has 4 heteroatoms. The van der Waals surface area contributed by atoms with Gasteiger partial charge in [-0.3, -0.25) is 14.4 Å². The number of ketones is 2. The highest BCUT2D eigenvalue weighted by molar-refractivity contribution is 6.49. The van der Waals surface area contributed by atoms with E-state index in [1.165, 1.54) is 0 Å². The molecule has 2 aromatic rings. The zero-order valence-electron chi connectivity index (χ0n) is 10.8. The summed E-state index contributed by atoms with van der Waals surface area (Å²) in [5, 5.41) is 2.69. The molecule has 0 unspecified atom stereocenters. The minimum atomic E-state index is -0.402. The fourth-order valence-corrected chi connectivity index (χ4v) is 2.84. The lowest BCUT2D eigenvalue weighted by atomic mass is 9.98. The van der Waals surface area contributed by atoms with Gasteiger partial charge in [-0.25, -0.2) is 0 Å². The van der Waals surface area contributed by atoms with Crippen LogP contribution in [0.5, 0.6) is 0 Å². The number of anilines is 1. The zero-order valence-corrected chi connectivity index (χ0v) is 10.8. The maximum Gasteiger partial charge on any atom is 0.257 e. The Bertz CT molecular complexity index is 840. The van der Waals surface area contributed by atoms with Crippen LogP contribution in [0.15, 0.2) is 54.1 Å². The lowest BCUT2D eigenvalue weighted by Gasteiger charge is -2.00. The van der Waals surface area contributed by atoms with Gasteiger partial charge in [-0.2, -0.15) is 0 Å². The summed E-state index contributed by atoms with van der Waals surface area (Å²) in [6.45, 7) is 0. The molecule has 2 aromatic carbocycles. The summed E-state index contributed by atoms with van der Waals surface area (Å²) < 4.78 is 0. The van der Waals surface area contributed by atoms with E-state index in [1.54, 1.807) is 48.5 Å². The highest BCUT2D eigenvalue weighted by Gasteiger charge is 2.39. The molecule has 100 valence electrons. The predicted octanol–water partition coefficient (Wildman–Crippen LogP) is 2.47. The van der Waals surface area contributed by atoms with Crippen molar-refractivity contribution in [1.82, 2.24) is 0 Å². The number of hydrogen-bond acceptors (Lipinski definition) is 3. The summed E-state index contributed by atoms with van der Waals surface area (Å²) in [6, 6.07) is 13.7. The van der Waals surface area contributed by atoms with Crippen molar-refractivity contribution in [2.45, 2.75) is 0 Å². The van der Waals surface area contributed by atoms with E-state index in [0.717, 1.165) is 0 Å². The van der Waals surface area contributed by atoms with E-state index >= 15 is 0 Å². The monoisotopic (exact) mass is 275 g/mol. The predicted molar refractivity (Wildman–Crippen MR) is 77.1 cm³/mol. The van der Waals surface area contributed by atoms with Crippen LogP contribution in [0.2, 0.25) is 0 Å². The SMILES string of the molecule is O=C1Nc2ccccc2C1=C1C(=O)c2ccccc2C1=O. The molecule has 1 aliphatic carbocycles. The largest absolute Gasteiger partial charge is 0.321 e. The topological polar surface area (TPSA) is 63.2 Å². The minimum Gasteiger partial charge on any atom is -0.321 e. The third-order valence-electron chi connectivity index (χ3n) is 3.79. The Morgan fingerprint density at radius 3 is 1.76 bits per heavy atom. The molecule has 4 nitrogen and oxygen atoms in total. The van der Waals surface area contributed by atoms with Gasteiger partial charge in [0, 0.05) is 22.4 Å². The van der Waals surface area contributed by atoms with Crippen LogP contribution in [0, 0.1) is 0 Å². The highest BCUT2D eigenvalue weighted by atomic mass is 16.2. The number of fused-ring (bicyclic) bond motifs is 2. The van der Waals surface area contributed by atoms with Gasteiger partial charge < -0.3 is 5.32 Å². The van der Waals surface area contributed by atoms with E-state index in [4.69, 9.17) is 0 Å². The van der Waals surface area contributed by atoms with Crippen LogP contribution in [0.3, 0.4) is 0 Å².